The molecule has 0 bridgehead atoms. The van der Waals surface area contributed by atoms with Gasteiger partial charge in [0.05, 0.1) is 6.54 Å². The van der Waals surface area contributed by atoms with Gasteiger partial charge in [-0.3, -0.25) is 9.69 Å². The van der Waals surface area contributed by atoms with Crippen molar-refractivity contribution in [2.45, 2.75) is 53.1 Å². The molecule has 0 N–H and O–H groups in total. The Balaban J connectivity index is 1.84. The van der Waals surface area contributed by atoms with Crippen LogP contribution in [0.5, 0.6) is 0 Å². The molecular formula is C15H26N4O2. The maximum Gasteiger partial charge on any atom is 0.230 e. The Kier molecular flexibility index (Phi) is 4.66. The van der Waals surface area contributed by atoms with Crippen LogP contribution in [0, 0.1) is 12.3 Å². The van der Waals surface area contributed by atoms with Crippen LogP contribution >= 0.6 is 0 Å². The molecule has 0 radical (unpaired) electrons. The summed E-state index contributed by atoms with van der Waals surface area (Å²) >= 11 is 0. The van der Waals surface area contributed by atoms with Crippen molar-refractivity contribution in [3.8, 4) is 0 Å². The third kappa shape index (κ3) is 4.03. The minimum absolute atomic E-state index is 0.216. The van der Waals surface area contributed by atoms with E-state index in [1.807, 2.05) is 32.7 Å². The molecule has 0 aliphatic carbocycles. The van der Waals surface area contributed by atoms with Gasteiger partial charge in [0, 0.05) is 38.5 Å². The zero-order chi connectivity index (χ0) is 15.6. The van der Waals surface area contributed by atoms with Crippen molar-refractivity contribution in [3.05, 3.63) is 11.8 Å². The number of aryl methyl sites for hydroxylation is 1. The van der Waals surface area contributed by atoms with Gasteiger partial charge in [0.2, 0.25) is 17.7 Å². The second-order valence-electron chi connectivity index (χ2n) is 6.89. The molecule has 0 atom stereocenters. The quantitative estimate of drug-likeness (QED) is 0.851. The van der Waals surface area contributed by atoms with Gasteiger partial charge in [0.25, 0.3) is 0 Å². The minimum atomic E-state index is -0.312. The normalized spacial score (nSPS) is 18.0. The summed E-state index contributed by atoms with van der Waals surface area (Å²) in [7, 11) is 1.93. The van der Waals surface area contributed by atoms with Crippen molar-refractivity contribution < 1.29 is 9.21 Å². The maximum atomic E-state index is 12.3. The number of carbonyl (C=O) groups is 1. The lowest BCUT2D eigenvalue weighted by Crippen LogP contribution is -2.48. The smallest absolute Gasteiger partial charge is 0.230 e. The van der Waals surface area contributed by atoms with Gasteiger partial charge in [-0.1, -0.05) is 20.8 Å². The number of likely N-dealkylation sites (tertiary alicyclic amines) is 1. The lowest BCUT2D eigenvalue weighted by Gasteiger charge is -2.38. The van der Waals surface area contributed by atoms with E-state index in [1.54, 1.807) is 6.92 Å². The highest BCUT2D eigenvalue weighted by molar-refractivity contribution is 5.81. The Bertz CT molecular complexity index is 484. The number of nitrogens with zero attached hydrogens (tertiary/aromatic N) is 4. The predicted octanol–water partition coefficient (Wildman–Crippen LogP) is 1.85. The Hall–Kier alpha value is -1.43. The van der Waals surface area contributed by atoms with Crippen LogP contribution in [0.25, 0.3) is 0 Å². The van der Waals surface area contributed by atoms with E-state index in [-0.39, 0.29) is 11.3 Å². The molecule has 1 amide bonds. The van der Waals surface area contributed by atoms with Gasteiger partial charge in [-0.15, -0.1) is 10.2 Å². The zero-order valence-corrected chi connectivity index (χ0v) is 13.7. The maximum absolute atomic E-state index is 12.3. The van der Waals surface area contributed by atoms with Crippen LogP contribution in [-0.2, 0) is 11.3 Å². The van der Waals surface area contributed by atoms with Gasteiger partial charge in [-0.2, -0.15) is 0 Å². The van der Waals surface area contributed by atoms with Gasteiger partial charge in [0.15, 0.2) is 0 Å². The molecular weight excluding hydrogens is 268 g/mol. The molecule has 0 saturated carbocycles. The van der Waals surface area contributed by atoms with Crippen molar-refractivity contribution in [1.29, 1.82) is 0 Å². The molecule has 21 heavy (non-hydrogen) atoms. The fourth-order valence-electron chi connectivity index (χ4n) is 2.75. The summed E-state index contributed by atoms with van der Waals surface area (Å²) in [6, 6.07) is 0.331. The summed E-state index contributed by atoms with van der Waals surface area (Å²) in [5, 5.41) is 7.88. The SMILES string of the molecule is Cc1nnc(CN2CCC(N(C)C(=O)C(C)(C)C)CC2)o1. The van der Waals surface area contributed by atoms with Crippen molar-refractivity contribution >= 4 is 5.91 Å². The minimum Gasteiger partial charge on any atom is -0.424 e. The van der Waals surface area contributed by atoms with Crippen molar-refractivity contribution in [1.82, 2.24) is 20.0 Å². The second kappa shape index (κ2) is 6.13. The highest BCUT2D eigenvalue weighted by atomic mass is 16.4. The third-order valence-corrected chi connectivity index (χ3v) is 3.99. The van der Waals surface area contributed by atoms with Crippen molar-refractivity contribution in [3.63, 3.8) is 0 Å². The Labute approximate surface area is 126 Å². The topological polar surface area (TPSA) is 62.5 Å². The number of amides is 1. The molecule has 2 rings (SSSR count). The molecule has 6 heteroatoms. The second-order valence-corrected chi connectivity index (χ2v) is 6.89. The third-order valence-electron chi connectivity index (χ3n) is 3.99. The highest BCUT2D eigenvalue weighted by Crippen LogP contribution is 2.23. The monoisotopic (exact) mass is 294 g/mol. The van der Waals surface area contributed by atoms with E-state index in [0.717, 1.165) is 25.9 Å². The molecule has 1 fully saturated rings. The summed E-state index contributed by atoms with van der Waals surface area (Å²) in [6.07, 6.45) is 1.98. The van der Waals surface area contributed by atoms with Gasteiger partial charge in [0.1, 0.15) is 0 Å². The first-order valence-electron chi connectivity index (χ1n) is 7.56. The molecule has 0 spiro atoms. The van der Waals surface area contributed by atoms with Crippen LogP contribution in [0.2, 0.25) is 0 Å². The summed E-state index contributed by atoms with van der Waals surface area (Å²) in [6.45, 7) is 10.3. The van der Waals surface area contributed by atoms with Crippen molar-refractivity contribution in [2.75, 3.05) is 20.1 Å². The molecule has 1 aliphatic rings. The lowest BCUT2D eigenvalue weighted by atomic mass is 9.93. The molecule has 1 saturated heterocycles. The zero-order valence-electron chi connectivity index (χ0n) is 13.7. The van der Waals surface area contributed by atoms with Crippen LogP contribution in [0.4, 0.5) is 0 Å². The number of rotatable bonds is 3. The lowest BCUT2D eigenvalue weighted by molar-refractivity contribution is -0.141. The first kappa shape index (κ1) is 15.9. The molecule has 118 valence electrons. The van der Waals surface area contributed by atoms with Crippen LogP contribution in [0.1, 0.15) is 45.4 Å². The van der Waals surface area contributed by atoms with E-state index in [1.165, 1.54) is 0 Å². The number of aromatic nitrogens is 2. The van der Waals surface area contributed by atoms with E-state index in [2.05, 4.69) is 15.1 Å². The Morgan fingerprint density at radius 3 is 2.43 bits per heavy atom. The van der Waals surface area contributed by atoms with Crippen LogP contribution in [0.3, 0.4) is 0 Å². The molecule has 6 nitrogen and oxygen atoms in total. The number of hydrogen-bond donors (Lipinski definition) is 0. The van der Waals surface area contributed by atoms with E-state index in [4.69, 9.17) is 4.42 Å². The van der Waals surface area contributed by atoms with Crippen LogP contribution in [0.15, 0.2) is 4.42 Å². The molecule has 0 aromatic carbocycles. The number of hydrogen-bond acceptors (Lipinski definition) is 5. The summed E-state index contributed by atoms with van der Waals surface area (Å²) in [5.74, 6) is 1.49. The van der Waals surface area contributed by atoms with Gasteiger partial charge in [-0.05, 0) is 12.8 Å². The molecule has 0 unspecified atom stereocenters. The first-order valence-corrected chi connectivity index (χ1v) is 7.56. The first-order chi connectivity index (χ1) is 9.77. The fourth-order valence-corrected chi connectivity index (χ4v) is 2.75. The average molecular weight is 294 g/mol. The number of piperidine rings is 1. The van der Waals surface area contributed by atoms with E-state index < -0.39 is 0 Å². The average Bonchev–Trinajstić information content (AvgIpc) is 2.82. The molecule has 1 aliphatic heterocycles. The van der Waals surface area contributed by atoms with Gasteiger partial charge < -0.3 is 9.32 Å². The summed E-state index contributed by atoms with van der Waals surface area (Å²) in [4.78, 5) is 16.5. The van der Waals surface area contributed by atoms with E-state index >= 15 is 0 Å². The standard InChI is InChI=1S/C15H26N4O2/c1-11-16-17-13(21-11)10-19-8-6-12(7-9-19)18(5)14(20)15(2,3)4/h12H,6-10H2,1-5H3. The summed E-state index contributed by atoms with van der Waals surface area (Å²) < 4.78 is 5.42. The van der Waals surface area contributed by atoms with Crippen LogP contribution < -0.4 is 0 Å². The Morgan fingerprint density at radius 1 is 1.33 bits per heavy atom. The molecule has 1 aromatic heterocycles. The molecule has 1 aromatic rings. The van der Waals surface area contributed by atoms with Crippen LogP contribution in [-0.4, -0.2) is 52.1 Å². The predicted molar refractivity (Wildman–Crippen MR) is 79.6 cm³/mol. The largest absolute Gasteiger partial charge is 0.424 e. The number of carbonyl (C=O) groups excluding carboxylic acids is 1. The van der Waals surface area contributed by atoms with Gasteiger partial charge in [-0.25, -0.2) is 0 Å². The fraction of sp³-hybridized carbons (Fsp3) is 0.800. The van der Waals surface area contributed by atoms with E-state index in [0.29, 0.717) is 24.4 Å². The van der Waals surface area contributed by atoms with Gasteiger partial charge >= 0.3 is 0 Å². The Morgan fingerprint density at radius 2 is 1.95 bits per heavy atom. The summed E-state index contributed by atoms with van der Waals surface area (Å²) in [5.41, 5.74) is -0.312. The van der Waals surface area contributed by atoms with Crippen molar-refractivity contribution in [2.24, 2.45) is 5.41 Å². The van der Waals surface area contributed by atoms with E-state index in [9.17, 15) is 4.79 Å². The highest BCUT2D eigenvalue weighted by Gasteiger charge is 2.31. The molecule has 2 heterocycles.